The third-order valence-corrected chi connectivity index (χ3v) is 13.1. The lowest BCUT2D eigenvalue weighted by atomic mass is 9.83. The summed E-state index contributed by atoms with van der Waals surface area (Å²) in [5.41, 5.74) is 0. The maximum atomic E-state index is 11.1. The number of carboxylic acid groups (broad SMARTS) is 2. The van der Waals surface area contributed by atoms with Crippen molar-refractivity contribution in [3.63, 3.8) is 0 Å². The van der Waals surface area contributed by atoms with Crippen LogP contribution in [0, 0.1) is 65.1 Å². The van der Waals surface area contributed by atoms with Crippen molar-refractivity contribution in [2.24, 2.45) is 65.1 Å². The van der Waals surface area contributed by atoms with Gasteiger partial charge in [0.2, 0.25) is 0 Å². The second kappa shape index (κ2) is 19.6. The van der Waals surface area contributed by atoms with Crippen molar-refractivity contribution in [2.75, 3.05) is 0 Å². The van der Waals surface area contributed by atoms with E-state index in [1.807, 2.05) is 0 Å². The van der Waals surface area contributed by atoms with Gasteiger partial charge in [-0.3, -0.25) is 9.59 Å². The van der Waals surface area contributed by atoms with Gasteiger partial charge in [0.15, 0.2) is 0 Å². The summed E-state index contributed by atoms with van der Waals surface area (Å²) in [6.45, 7) is 12.1. The first-order valence-electron chi connectivity index (χ1n) is 19.4. The Morgan fingerprint density at radius 2 is 1.07 bits per heavy atom. The van der Waals surface area contributed by atoms with Crippen LogP contribution in [0.25, 0.3) is 0 Å². The highest BCUT2D eigenvalue weighted by Gasteiger charge is 2.37. The van der Waals surface area contributed by atoms with E-state index in [2.05, 4.69) is 34.6 Å². The van der Waals surface area contributed by atoms with Crippen molar-refractivity contribution in [1.82, 2.24) is 0 Å². The minimum atomic E-state index is -0.652. The molecule has 0 aromatic carbocycles. The molecule has 0 aliphatic heterocycles. The molecule has 2 N–H and O–H groups in total. The van der Waals surface area contributed by atoms with Crippen molar-refractivity contribution in [1.29, 1.82) is 0 Å². The van der Waals surface area contributed by atoms with Crippen LogP contribution in [0.5, 0.6) is 0 Å². The van der Waals surface area contributed by atoms with Crippen molar-refractivity contribution in [2.45, 2.75) is 176 Å². The van der Waals surface area contributed by atoms with Gasteiger partial charge in [0.1, 0.15) is 0 Å². The highest BCUT2D eigenvalue weighted by Crippen LogP contribution is 2.48. The Morgan fingerprint density at radius 3 is 1.68 bits per heavy atom. The molecular weight excluding hydrogens is 544 g/mol. The standard InChI is InChI=1S/C40H72O4/c1-28(9-6-12-31(4)35-19-17-33(24-35)14-8-11-30(3)23-39(41)42)15-16-29(2)10-7-13-32(5)36-21-22-38(27-36)37-20-18-34(25-37)26-40(43)44/h28-38H,6-27H2,1-5H3,(H,41,42)(H,43,44). The fraction of sp³-hybridized carbons (Fsp3) is 0.950. The van der Waals surface area contributed by atoms with Crippen LogP contribution >= 0.6 is 0 Å². The molecule has 0 aromatic rings. The molecule has 3 aliphatic rings. The zero-order valence-electron chi connectivity index (χ0n) is 29.6. The minimum Gasteiger partial charge on any atom is -0.481 e. The summed E-state index contributed by atoms with van der Waals surface area (Å²) in [5.74, 6) is 7.32. The molecule has 0 radical (unpaired) electrons. The third-order valence-electron chi connectivity index (χ3n) is 13.1. The number of carbonyl (C=O) groups is 2. The van der Waals surface area contributed by atoms with Gasteiger partial charge in [-0.05, 0) is 116 Å². The van der Waals surface area contributed by atoms with Crippen molar-refractivity contribution in [3.8, 4) is 0 Å². The van der Waals surface area contributed by atoms with Gasteiger partial charge < -0.3 is 10.2 Å². The molecule has 11 atom stereocenters. The first-order chi connectivity index (χ1) is 21.0. The largest absolute Gasteiger partial charge is 0.481 e. The number of carboxylic acids is 2. The summed E-state index contributed by atoms with van der Waals surface area (Å²) in [6.07, 6.45) is 27.5. The monoisotopic (exact) mass is 617 g/mol. The van der Waals surface area contributed by atoms with Crippen molar-refractivity contribution >= 4 is 11.9 Å². The van der Waals surface area contributed by atoms with E-state index >= 15 is 0 Å². The zero-order valence-corrected chi connectivity index (χ0v) is 29.6. The van der Waals surface area contributed by atoms with Gasteiger partial charge in [0.05, 0.1) is 0 Å². The van der Waals surface area contributed by atoms with E-state index in [9.17, 15) is 9.59 Å². The minimum absolute atomic E-state index is 0.318. The molecule has 4 heteroatoms. The molecule has 3 aliphatic carbocycles. The Bertz CT molecular complexity index is 824. The summed E-state index contributed by atoms with van der Waals surface area (Å²) in [5, 5.41) is 18.1. The summed E-state index contributed by atoms with van der Waals surface area (Å²) >= 11 is 0. The average molecular weight is 617 g/mol. The van der Waals surface area contributed by atoms with Crippen LogP contribution < -0.4 is 0 Å². The number of rotatable bonds is 22. The van der Waals surface area contributed by atoms with Gasteiger partial charge in [0.25, 0.3) is 0 Å². The fourth-order valence-electron chi connectivity index (χ4n) is 9.93. The zero-order chi connectivity index (χ0) is 32.1. The molecular formula is C40H72O4. The second-order valence-electron chi connectivity index (χ2n) is 17.0. The molecule has 3 saturated carbocycles. The van der Waals surface area contributed by atoms with Crippen LogP contribution in [-0.4, -0.2) is 22.2 Å². The van der Waals surface area contributed by atoms with Gasteiger partial charge in [-0.25, -0.2) is 0 Å². The van der Waals surface area contributed by atoms with Crippen LogP contribution in [0.3, 0.4) is 0 Å². The Balaban J connectivity index is 1.18. The van der Waals surface area contributed by atoms with Crippen LogP contribution in [0.4, 0.5) is 0 Å². The lowest BCUT2D eigenvalue weighted by molar-refractivity contribution is -0.139. The summed E-state index contributed by atoms with van der Waals surface area (Å²) < 4.78 is 0. The molecule has 0 amide bonds. The topological polar surface area (TPSA) is 74.6 Å². The summed E-state index contributed by atoms with van der Waals surface area (Å²) in [4.78, 5) is 22.0. The Hall–Kier alpha value is -1.06. The number of aliphatic carboxylic acids is 2. The maximum absolute atomic E-state index is 11.1. The van der Waals surface area contributed by atoms with Crippen molar-refractivity contribution < 1.29 is 19.8 Å². The van der Waals surface area contributed by atoms with Crippen molar-refractivity contribution in [3.05, 3.63) is 0 Å². The van der Waals surface area contributed by atoms with E-state index < -0.39 is 11.9 Å². The molecule has 11 unspecified atom stereocenters. The maximum Gasteiger partial charge on any atom is 0.303 e. The predicted octanol–water partition coefficient (Wildman–Crippen LogP) is 11.7. The quantitative estimate of drug-likeness (QED) is 0.127. The molecule has 0 aromatic heterocycles. The molecule has 0 bridgehead atoms. The first kappa shape index (κ1) is 37.4. The predicted molar refractivity (Wildman–Crippen MR) is 184 cm³/mol. The van der Waals surface area contributed by atoms with E-state index in [1.54, 1.807) is 0 Å². The molecule has 4 nitrogen and oxygen atoms in total. The van der Waals surface area contributed by atoms with E-state index in [-0.39, 0.29) is 0 Å². The molecule has 3 rings (SSSR count). The molecule has 0 saturated heterocycles. The Labute approximate surface area is 272 Å². The molecule has 256 valence electrons. The third kappa shape index (κ3) is 13.7. The van der Waals surface area contributed by atoms with E-state index in [0.717, 1.165) is 66.1 Å². The van der Waals surface area contributed by atoms with Gasteiger partial charge >= 0.3 is 11.9 Å². The van der Waals surface area contributed by atoms with Gasteiger partial charge in [-0.1, -0.05) is 112 Å². The van der Waals surface area contributed by atoms with Gasteiger partial charge in [0, 0.05) is 12.8 Å². The number of hydrogen-bond donors (Lipinski definition) is 2. The van der Waals surface area contributed by atoms with E-state index in [4.69, 9.17) is 10.2 Å². The highest BCUT2D eigenvalue weighted by atomic mass is 16.4. The Morgan fingerprint density at radius 1 is 0.545 bits per heavy atom. The van der Waals surface area contributed by atoms with Crippen LogP contribution in [-0.2, 0) is 9.59 Å². The van der Waals surface area contributed by atoms with Gasteiger partial charge in [-0.2, -0.15) is 0 Å². The molecule has 0 heterocycles. The number of hydrogen-bond acceptors (Lipinski definition) is 2. The average Bonchev–Trinajstić information content (AvgIpc) is 3.72. The smallest absolute Gasteiger partial charge is 0.303 e. The van der Waals surface area contributed by atoms with E-state index in [1.165, 1.54) is 116 Å². The highest BCUT2D eigenvalue weighted by molar-refractivity contribution is 5.67. The lowest BCUT2D eigenvalue weighted by Gasteiger charge is -2.23. The molecule has 3 fully saturated rings. The summed E-state index contributed by atoms with van der Waals surface area (Å²) in [7, 11) is 0. The Kier molecular flexibility index (Phi) is 16.6. The van der Waals surface area contributed by atoms with E-state index in [0.29, 0.717) is 24.7 Å². The SMILES string of the molecule is CC(CCCC(C)C1CCC(CCCC(C)CC(=O)O)C1)CCC(C)CCCC(C)C1CCC(C2CCC(CC(=O)O)C2)C1. The first-order valence-corrected chi connectivity index (χ1v) is 19.4. The second-order valence-corrected chi connectivity index (χ2v) is 17.0. The normalized spacial score (nSPS) is 30.7. The van der Waals surface area contributed by atoms with Crippen LogP contribution in [0.1, 0.15) is 176 Å². The summed E-state index contributed by atoms with van der Waals surface area (Å²) in [6, 6.07) is 0. The molecule has 0 spiro atoms. The molecule has 44 heavy (non-hydrogen) atoms. The van der Waals surface area contributed by atoms with Crippen LogP contribution in [0.15, 0.2) is 0 Å². The van der Waals surface area contributed by atoms with Crippen LogP contribution in [0.2, 0.25) is 0 Å². The van der Waals surface area contributed by atoms with Gasteiger partial charge in [-0.15, -0.1) is 0 Å². The lowest BCUT2D eigenvalue weighted by Crippen LogP contribution is -2.13. The fourth-order valence-corrected chi connectivity index (χ4v) is 9.93.